The Morgan fingerprint density at radius 3 is 2.35 bits per heavy atom. The molecule has 0 atom stereocenters. The number of nitrogens with zero attached hydrogens (tertiary/aromatic N) is 4. The molecule has 1 saturated heterocycles. The molecule has 142 valence electrons. The zero-order chi connectivity index (χ0) is 18.5. The van der Waals surface area contributed by atoms with Crippen LogP contribution in [-0.4, -0.2) is 73.5 Å². The van der Waals surface area contributed by atoms with Crippen molar-refractivity contribution in [2.75, 3.05) is 58.5 Å². The van der Waals surface area contributed by atoms with Gasteiger partial charge in [0, 0.05) is 44.2 Å². The largest absolute Gasteiger partial charge is 0.493 e. The lowest BCUT2D eigenvalue weighted by Crippen LogP contribution is -2.47. The van der Waals surface area contributed by atoms with Crippen LogP contribution >= 0.6 is 0 Å². The molecule has 1 aliphatic rings. The molecule has 1 N–H and O–H groups in total. The Morgan fingerprint density at radius 1 is 1.00 bits per heavy atom. The normalized spacial score (nSPS) is 15.5. The van der Waals surface area contributed by atoms with E-state index in [-0.39, 0.29) is 6.61 Å². The van der Waals surface area contributed by atoms with E-state index in [9.17, 15) is 0 Å². The van der Waals surface area contributed by atoms with Crippen molar-refractivity contribution in [1.29, 1.82) is 0 Å². The number of aliphatic hydroxyl groups is 1. The van der Waals surface area contributed by atoms with Crippen LogP contribution in [0.25, 0.3) is 10.9 Å². The number of piperazine rings is 1. The number of aromatic nitrogens is 2. The third-order valence-electron chi connectivity index (χ3n) is 4.85. The van der Waals surface area contributed by atoms with Gasteiger partial charge in [-0.3, -0.25) is 4.90 Å². The molecule has 26 heavy (non-hydrogen) atoms. The van der Waals surface area contributed by atoms with E-state index in [0.717, 1.165) is 68.1 Å². The topological polar surface area (TPSA) is 71.0 Å². The summed E-state index contributed by atoms with van der Waals surface area (Å²) in [6, 6.07) is 3.88. The van der Waals surface area contributed by atoms with Crippen molar-refractivity contribution in [2.45, 2.75) is 19.8 Å². The van der Waals surface area contributed by atoms with E-state index in [0.29, 0.717) is 11.5 Å². The number of aliphatic hydroxyl groups excluding tert-OH is 1. The van der Waals surface area contributed by atoms with E-state index >= 15 is 0 Å². The van der Waals surface area contributed by atoms with Crippen LogP contribution in [0.15, 0.2) is 12.1 Å². The molecule has 1 aromatic heterocycles. The first kappa shape index (κ1) is 18.7. The molecule has 0 bridgehead atoms. The number of aryl methyl sites for hydroxylation is 1. The van der Waals surface area contributed by atoms with E-state index in [1.165, 1.54) is 0 Å². The Hall–Kier alpha value is -2.12. The lowest BCUT2D eigenvalue weighted by Gasteiger charge is -2.36. The number of hydrogen-bond donors (Lipinski definition) is 1. The van der Waals surface area contributed by atoms with Gasteiger partial charge in [0.25, 0.3) is 0 Å². The minimum atomic E-state index is 0.275. The molecule has 1 aromatic carbocycles. The number of methoxy groups -OCH3 is 2. The maximum absolute atomic E-state index is 8.93. The van der Waals surface area contributed by atoms with Gasteiger partial charge in [0.15, 0.2) is 11.5 Å². The van der Waals surface area contributed by atoms with Crippen molar-refractivity contribution >= 4 is 16.7 Å². The number of rotatable bonds is 7. The lowest BCUT2D eigenvalue weighted by atomic mass is 10.1. The van der Waals surface area contributed by atoms with E-state index < -0.39 is 0 Å². The summed E-state index contributed by atoms with van der Waals surface area (Å²) in [7, 11) is 3.28. The third-order valence-corrected chi connectivity index (χ3v) is 4.85. The van der Waals surface area contributed by atoms with Crippen molar-refractivity contribution in [3.8, 4) is 11.5 Å². The molecule has 0 spiro atoms. The second-order valence-electron chi connectivity index (χ2n) is 6.58. The number of anilines is 1. The Kier molecular flexibility index (Phi) is 6.11. The molecule has 1 fully saturated rings. The molecule has 3 rings (SSSR count). The fourth-order valence-electron chi connectivity index (χ4n) is 3.42. The molecule has 1 aliphatic heterocycles. The fourth-order valence-corrected chi connectivity index (χ4v) is 3.42. The van der Waals surface area contributed by atoms with Gasteiger partial charge < -0.3 is 19.5 Å². The van der Waals surface area contributed by atoms with Gasteiger partial charge >= 0.3 is 0 Å². The molecule has 0 saturated carbocycles. The Labute approximate surface area is 154 Å². The Morgan fingerprint density at radius 2 is 1.69 bits per heavy atom. The quantitative estimate of drug-likeness (QED) is 0.756. The number of benzene rings is 1. The predicted molar refractivity (Wildman–Crippen MR) is 102 cm³/mol. The molecule has 0 unspecified atom stereocenters. The molecular formula is C19H28N4O3. The van der Waals surface area contributed by atoms with E-state index in [1.807, 2.05) is 19.1 Å². The highest BCUT2D eigenvalue weighted by Gasteiger charge is 2.21. The molecular weight excluding hydrogens is 332 g/mol. The summed E-state index contributed by atoms with van der Waals surface area (Å²) >= 11 is 0. The maximum atomic E-state index is 8.93. The highest BCUT2D eigenvalue weighted by Crippen LogP contribution is 2.35. The second kappa shape index (κ2) is 8.51. The third kappa shape index (κ3) is 3.99. The Bertz CT molecular complexity index is 745. The van der Waals surface area contributed by atoms with Crippen LogP contribution < -0.4 is 14.4 Å². The number of fused-ring (bicyclic) bond motifs is 1. The minimum Gasteiger partial charge on any atom is -0.493 e. The zero-order valence-electron chi connectivity index (χ0n) is 15.9. The van der Waals surface area contributed by atoms with Crippen LogP contribution in [0.4, 0.5) is 5.82 Å². The highest BCUT2D eigenvalue weighted by molar-refractivity contribution is 5.92. The average molecular weight is 360 g/mol. The predicted octanol–water partition coefficient (Wildman–Crippen LogP) is 1.85. The summed E-state index contributed by atoms with van der Waals surface area (Å²) in [6.45, 7) is 7.11. The first-order valence-electron chi connectivity index (χ1n) is 9.14. The van der Waals surface area contributed by atoms with Crippen LogP contribution in [0, 0.1) is 6.92 Å². The first-order chi connectivity index (χ1) is 12.7. The lowest BCUT2D eigenvalue weighted by molar-refractivity contribution is 0.232. The summed E-state index contributed by atoms with van der Waals surface area (Å²) in [4.78, 5) is 14.1. The smallest absolute Gasteiger partial charge is 0.162 e. The minimum absolute atomic E-state index is 0.275. The molecule has 0 aliphatic carbocycles. The van der Waals surface area contributed by atoms with Gasteiger partial charge in [-0.1, -0.05) is 0 Å². The van der Waals surface area contributed by atoms with Crippen LogP contribution in [0.5, 0.6) is 11.5 Å². The summed E-state index contributed by atoms with van der Waals surface area (Å²) in [5.41, 5.74) is 0.871. The molecule has 7 heteroatoms. The summed E-state index contributed by atoms with van der Waals surface area (Å²) < 4.78 is 10.9. The monoisotopic (exact) mass is 360 g/mol. The van der Waals surface area contributed by atoms with Crippen molar-refractivity contribution in [2.24, 2.45) is 0 Å². The van der Waals surface area contributed by atoms with E-state index in [1.54, 1.807) is 14.2 Å². The Balaban J connectivity index is 1.83. The van der Waals surface area contributed by atoms with Gasteiger partial charge in [-0.15, -0.1) is 0 Å². The molecule has 0 amide bonds. The van der Waals surface area contributed by atoms with Crippen molar-refractivity contribution in [3.05, 3.63) is 18.0 Å². The van der Waals surface area contributed by atoms with Gasteiger partial charge in [-0.05, 0) is 32.4 Å². The van der Waals surface area contributed by atoms with E-state index in [2.05, 4.69) is 14.8 Å². The van der Waals surface area contributed by atoms with Gasteiger partial charge in [0.1, 0.15) is 11.6 Å². The first-order valence-corrected chi connectivity index (χ1v) is 9.14. The number of unbranched alkanes of at least 4 members (excludes halogenated alkanes) is 1. The van der Waals surface area contributed by atoms with Crippen LogP contribution in [0.3, 0.4) is 0 Å². The van der Waals surface area contributed by atoms with Crippen LogP contribution in [0.1, 0.15) is 18.7 Å². The van der Waals surface area contributed by atoms with Crippen LogP contribution in [-0.2, 0) is 0 Å². The SMILES string of the molecule is COc1cc2nc(C)nc(N3CCN(CCCCO)CC3)c2cc1OC. The molecule has 0 radical (unpaired) electrons. The van der Waals surface area contributed by atoms with E-state index in [4.69, 9.17) is 19.6 Å². The summed E-state index contributed by atoms with van der Waals surface area (Å²) in [6.07, 6.45) is 1.92. The van der Waals surface area contributed by atoms with Crippen molar-refractivity contribution in [3.63, 3.8) is 0 Å². The van der Waals surface area contributed by atoms with Gasteiger partial charge in [-0.25, -0.2) is 9.97 Å². The van der Waals surface area contributed by atoms with Gasteiger partial charge in [0.05, 0.1) is 19.7 Å². The number of ether oxygens (including phenoxy) is 2. The van der Waals surface area contributed by atoms with Crippen molar-refractivity contribution < 1.29 is 14.6 Å². The second-order valence-corrected chi connectivity index (χ2v) is 6.58. The highest BCUT2D eigenvalue weighted by atomic mass is 16.5. The van der Waals surface area contributed by atoms with Crippen LogP contribution in [0.2, 0.25) is 0 Å². The maximum Gasteiger partial charge on any atom is 0.162 e. The molecule has 7 nitrogen and oxygen atoms in total. The fraction of sp³-hybridized carbons (Fsp3) is 0.579. The van der Waals surface area contributed by atoms with Gasteiger partial charge in [-0.2, -0.15) is 0 Å². The standard InChI is InChI=1S/C19H28N4O3/c1-14-20-16-13-18(26-3)17(25-2)12-15(16)19(21-14)23-9-7-22(8-10-23)6-4-5-11-24/h12-13,24H,4-11H2,1-3H3. The number of hydrogen-bond acceptors (Lipinski definition) is 7. The van der Waals surface area contributed by atoms with Gasteiger partial charge in [0.2, 0.25) is 0 Å². The molecule has 2 heterocycles. The summed E-state index contributed by atoms with van der Waals surface area (Å²) in [5.74, 6) is 3.09. The zero-order valence-corrected chi connectivity index (χ0v) is 15.9. The summed E-state index contributed by atoms with van der Waals surface area (Å²) in [5, 5.41) is 9.92. The van der Waals surface area contributed by atoms with Crippen molar-refractivity contribution in [1.82, 2.24) is 14.9 Å². The average Bonchev–Trinajstić information content (AvgIpc) is 2.67. The molecule has 2 aromatic rings.